The minimum Gasteiger partial charge on any atom is -0.383 e. The summed E-state index contributed by atoms with van der Waals surface area (Å²) in [6.45, 7) is 1.93. The second-order valence-corrected chi connectivity index (χ2v) is 4.66. The predicted molar refractivity (Wildman–Crippen MR) is 73.6 cm³/mol. The molecule has 2 rings (SSSR count). The standard InChI is InChI=1S/C11H10BrClN4/c1-6-7(13)3-2-4-8(6)17-11-9(12)10(14)15-5-16-11/h2-5H,1H3,(H3,14,15,16,17). The molecule has 0 bridgehead atoms. The van der Waals surface area contributed by atoms with E-state index in [1.807, 2.05) is 25.1 Å². The summed E-state index contributed by atoms with van der Waals surface area (Å²) in [6, 6.07) is 5.63. The van der Waals surface area contributed by atoms with Gasteiger partial charge >= 0.3 is 0 Å². The van der Waals surface area contributed by atoms with Crippen molar-refractivity contribution in [3.8, 4) is 0 Å². The van der Waals surface area contributed by atoms with E-state index in [1.165, 1.54) is 6.33 Å². The van der Waals surface area contributed by atoms with Crippen LogP contribution in [0, 0.1) is 6.92 Å². The maximum absolute atomic E-state index is 6.04. The molecule has 0 amide bonds. The van der Waals surface area contributed by atoms with Crippen molar-refractivity contribution >= 4 is 44.9 Å². The van der Waals surface area contributed by atoms with Crippen molar-refractivity contribution in [2.24, 2.45) is 0 Å². The van der Waals surface area contributed by atoms with Gasteiger partial charge in [0.2, 0.25) is 0 Å². The van der Waals surface area contributed by atoms with Crippen LogP contribution in [0.5, 0.6) is 0 Å². The van der Waals surface area contributed by atoms with Crippen LogP contribution in [0.25, 0.3) is 0 Å². The van der Waals surface area contributed by atoms with Gasteiger partial charge in [0.05, 0.1) is 0 Å². The Balaban J connectivity index is 2.38. The van der Waals surface area contributed by atoms with Crippen LogP contribution in [-0.4, -0.2) is 9.97 Å². The van der Waals surface area contributed by atoms with E-state index < -0.39 is 0 Å². The number of aromatic nitrogens is 2. The Morgan fingerprint density at radius 2 is 2.12 bits per heavy atom. The summed E-state index contributed by atoms with van der Waals surface area (Å²) in [5, 5.41) is 3.86. The summed E-state index contributed by atoms with van der Waals surface area (Å²) in [5.74, 6) is 1.00. The van der Waals surface area contributed by atoms with Gasteiger partial charge in [-0.05, 0) is 40.5 Å². The Kier molecular flexibility index (Phi) is 3.49. The van der Waals surface area contributed by atoms with Crippen molar-refractivity contribution in [3.63, 3.8) is 0 Å². The maximum atomic E-state index is 6.04. The van der Waals surface area contributed by atoms with Crippen LogP contribution in [0.2, 0.25) is 5.02 Å². The Hall–Kier alpha value is -1.33. The molecule has 1 aromatic carbocycles. The largest absolute Gasteiger partial charge is 0.383 e. The summed E-state index contributed by atoms with van der Waals surface area (Å²) < 4.78 is 0.638. The highest BCUT2D eigenvalue weighted by molar-refractivity contribution is 9.10. The van der Waals surface area contributed by atoms with E-state index in [4.69, 9.17) is 17.3 Å². The number of halogens is 2. The van der Waals surface area contributed by atoms with E-state index in [1.54, 1.807) is 0 Å². The smallest absolute Gasteiger partial charge is 0.150 e. The first-order chi connectivity index (χ1) is 8.09. The molecule has 0 saturated heterocycles. The molecule has 1 heterocycles. The molecule has 0 unspecified atom stereocenters. The van der Waals surface area contributed by atoms with Gasteiger partial charge in [0, 0.05) is 10.7 Å². The van der Waals surface area contributed by atoms with Gasteiger partial charge in [-0.15, -0.1) is 0 Å². The monoisotopic (exact) mass is 312 g/mol. The first kappa shape index (κ1) is 12.1. The van der Waals surface area contributed by atoms with Crippen molar-refractivity contribution < 1.29 is 0 Å². The van der Waals surface area contributed by atoms with E-state index in [0.717, 1.165) is 11.3 Å². The lowest BCUT2D eigenvalue weighted by atomic mass is 10.2. The molecule has 3 N–H and O–H groups in total. The predicted octanol–water partition coefficient (Wildman–Crippen LogP) is 3.53. The zero-order chi connectivity index (χ0) is 12.4. The highest BCUT2D eigenvalue weighted by Crippen LogP contribution is 2.30. The van der Waals surface area contributed by atoms with Crippen LogP contribution in [0.1, 0.15) is 5.56 Å². The molecule has 0 aliphatic carbocycles. The Morgan fingerprint density at radius 1 is 1.35 bits per heavy atom. The SMILES string of the molecule is Cc1c(Cl)cccc1Nc1ncnc(N)c1Br. The molecule has 0 spiro atoms. The zero-order valence-electron chi connectivity index (χ0n) is 9.04. The van der Waals surface area contributed by atoms with Crippen LogP contribution in [0.15, 0.2) is 29.0 Å². The van der Waals surface area contributed by atoms with Crippen molar-refractivity contribution in [2.45, 2.75) is 6.92 Å². The van der Waals surface area contributed by atoms with E-state index >= 15 is 0 Å². The normalized spacial score (nSPS) is 10.3. The fourth-order valence-electron chi connectivity index (χ4n) is 1.34. The molecule has 0 aliphatic heterocycles. The molecule has 0 aliphatic rings. The number of nitrogens with zero attached hydrogens (tertiary/aromatic N) is 2. The summed E-state index contributed by atoms with van der Waals surface area (Å²) in [5.41, 5.74) is 7.52. The molecule has 6 heteroatoms. The summed E-state index contributed by atoms with van der Waals surface area (Å²) >= 11 is 9.38. The van der Waals surface area contributed by atoms with Crippen molar-refractivity contribution in [1.82, 2.24) is 9.97 Å². The fourth-order valence-corrected chi connectivity index (χ4v) is 1.82. The molecule has 88 valence electrons. The number of hydrogen-bond donors (Lipinski definition) is 2. The van der Waals surface area contributed by atoms with Gasteiger partial charge in [0.25, 0.3) is 0 Å². The topological polar surface area (TPSA) is 63.8 Å². The number of rotatable bonds is 2. The van der Waals surface area contributed by atoms with E-state index in [9.17, 15) is 0 Å². The molecule has 0 saturated carbocycles. The lowest BCUT2D eigenvalue weighted by Crippen LogP contribution is -2.01. The van der Waals surface area contributed by atoms with Gasteiger partial charge in [-0.25, -0.2) is 9.97 Å². The van der Waals surface area contributed by atoms with E-state index in [2.05, 4.69) is 31.2 Å². The third-order valence-electron chi connectivity index (χ3n) is 2.34. The highest BCUT2D eigenvalue weighted by atomic mass is 79.9. The number of nitrogens with one attached hydrogen (secondary N) is 1. The van der Waals surface area contributed by atoms with Crippen molar-refractivity contribution in [3.05, 3.63) is 39.6 Å². The number of benzene rings is 1. The minimum absolute atomic E-state index is 0.391. The molecule has 0 fully saturated rings. The average molecular weight is 314 g/mol. The van der Waals surface area contributed by atoms with Gasteiger partial charge in [0.15, 0.2) is 0 Å². The lowest BCUT2D eigenvalue weighted by molar-refractivity contribution is 1.16. The third kappa shape index (κ3) is 2.50. The van der Waals surface area contributed by atoms with Gasteiger partial charge in [0.1, 0.15) is 22.4 Å². The molecular formula is C11H10BrClN4. The van der Waals surface area contributed by atoms with E-state index in [-0.39, 0.29) is 0 Å². The molecule has 0 radical (unpaired) electrons. The first-order valence-electron chi connectivity index (χ1n) is 4.87. The molecule has 4 nitrogen and oxygen atoms in total. The number of nitrogens with two attached hydrogens (primary N) is 1. The summed E-state index contributed by atoms with van der Waals surface area (Å²) in [4.78, 5) is 7.99. The maximum Gasteiger partial charge on any atom is 0.150 e. The second-order valence-electron chi connectivity index (χ2n) is 3.46. The van der Waals surface area contributed by atoms with Crippen LogP contribution >= 0.6 is 27.5 Å². The van der Waals surface area contributed by atoms with Crippen LogP contribution < -0.4 is 11.1 Å². The van der Waals surface area contributed by atoms with Crippen molar-refractivity contribution in [2.75, 3.05) is 11.1 Å². The minimum atomic E-state index is 0.391. The fraction of sp³-hybridized carbons (Fsp3) is 0.0909. The molecule has 1 aromatic heterocycles. The summed E-state index contributed by atoms with van der Waals surface area (Å²) in [6.07, 6.45) is 1.41. The molecule has 17 heavy (non-hydrogen) atoms. The molecule has 2 aromatic rings. The van der Waals surface area contributed by atoms with Crippen LogP contribution in [0.3, 0.4) is 0 Å². The van der Waals surface area contributed by atoms with Gasteiger partial charge in [-0.1, -0.05) is 17.7 Å². The Bertz CT molecular complexity index is 510. The highest BCUT2D eigenvalue weighted by Gasteiger charge is 2.08. The number of hydrogen-bond acceptors (Lipinski definition) is 4. The third-order valence-corrected chi connectivity index (χ3v) is 3.53. The Labute approximate surface area is 112 Å². The van der Waals surface area contributed by atoms with Crippen molar-refractivity contribution in [1.29, 1.82) is 0 Å². The number of anilines is 3. The molecule has 0 atom stereocenters. The first-order valence-corrected chi connectivity index (χ1v) is 6.05. The quantitative estimate of drug-likeness (QED) is 0.890. The average Bonchev–Trinajstić information content (AvgIpc) is 2.31. The Morgan fingerprint density at radius 3 is 2.88 bits per heavy atom. The molecular weight excluding hydrogens is 304 g/mol. The zero-order valence-corrected chi connectivity index (χ0v) is 11.4. The van der Waals surface area contributed by atoms with Gasteiger partial charge in [-0.3, -0.25) is 0 Å². The number of nitrogen functional groups attached to an aromatic ring is 1. The van der Waals surface area contributed by atoms with E-state index in [0.29, 0.717) is 21.1 Å². The second kappa shape index (κ2) is 4.89. The van der Waals surface area contributed by atoms with Crippen LogP contribution in [-0.2, 0) is 0 Å². The van der Waals surface area contributed by atoms with Crippen LogP contribution in [0.4, 0.5) is 17.3 Å². The lowest BCUT2D eigenvalue weighted by Gasteiger charge is -2.11. The van der Waals surface area contributed by atoms with Gasteiger partial charge in [-0.2, -0.15) is 0 Å². The van der Waals surface area contributed by atoms with Gasteiger partial charge < -0.3 is 11.1 Å². The summed E-state index contributed by atoms with van der Waals surface area (Å²) in [7, 11) is 0.